The number of hydrogen-bond acceptors (Lipinski definition) is 3. The molecule has 8 heteroatoms. The van der Waals surface area contributed by atoms with Crippen LogP contribution in [0.2, 0.25) is 0 Å². The van der Waals surface area contributed by atoms with Gasteiger partial charge in [-0.05, 0) is 49.7 Å². The predicted octanol–water partition coefficient (Wildman–Crippen LogP) is 2.35. The van der Waals surface area contributed by atoms with Crippen LogP contribution in [-0.4, -0.2) is 27.5 Å². The van der Waals surface area contributed by atoms with Gasteiger partial charge >= 0.3 is 6.18 Å². The minimum Gasteiger partial charge on any atom is -0.317 e. The molecule has 1 fully saturated rings. The van der Waals surface area contributed by atoms with Crippen molar-refractivity contribution in [1.82, 2.24) is 10.0 Å². The van der Waals surface area contributed by atoms with Crippen LogP contribution in [0.1, 0.15) is 24.0 Å². The Bertz CT molecular complexity index is 636. The van der Waals surface area contributed by atoms with Crippen LogP contribution in [0, 0.1) is 0 Å². The van der Waals surface area contributed by atoms with Gasteiger partial charge in [-0.3, -0.25) is 0 Å². The molecule has 0 unspecified atom stereocenters. The molecule has 0 saturated carbocycles. The average Bonchev–Trinajstić information content (AvgIpc) is 2.45. The van der Waals surface area contributed by atoms with Gasteiger partial charge in [0, 0.05) is 11.4 Å². The second kappa shape index (κ2) is 6.80. The molecule has 2 N–H and O–H groups in total. The minimum absolute atomic E-state index is 0.141. The maximum atomic E-state index is 12.6. The van der Waals surface area contributed by atoms with E-state index in [4.69, 9.17) is 0 Å². The van der Waals surface area contributed by atoms with Gasteiger partial charge in [0.1, 0.15) is 0 Å². The number of sulfonamides is 1. The Balaban J connectivity index is 2.06. The van der Waals surface area contributed by atoms with Gasteiger partial charge in [-0.25, -0.2) is 13.1 Å². The smallest absolute Gasteiger partial charge is 0.317 e. The maximum Gasteiger partial charge on any atom is 0.416 e. The van der Waals surface area contributed by atoms with Crippen molar-refractivity contribution in [3.05, 3.63) is 40.8 Å². The van der Waals surface area contributed by atoms with Crippen molar-refractivity contribution >= 4 is 16.1 Å². The quantitative estimate of drug-likeness (QED) is 0.889. The summed E-state index contributed by atoms with van der Waals surface area (Å²) < 4.78 is 64.1. The van der Waals surface area contributed by atoms with Gasteiger partial charge in [0.05, 0.1) is 5.56 Å². The van der Waals surface area contributed by atoms with Crippen molar-refractivity contribution in [2.75, 3.05) is 13.1 Å². The van der Waals surface area contributed by atoms with Gasteiger partial charge in [0.15, 0.2) is 0 Å². The van der Waals surface area contributed by atoms with Gasteiger partial charge in [0.2, 0.25) is 10.0 Å². The predicted molar refractivity (Wildman–Crippen MR) is 78.4 cm³/mol. The molecule has 0 bridgehead atoms. The highest BCUT2D eigenvalue weighted by Crippen LogP contribution is 2.29. The van der Waals surface area contributed by atoms with E-state index in [9.17, 15) is 21.6 Å². The molecule has 1 aliphatic heterocycles. The molecule has 22 heavy (non-hydrogen) atoms. The first-order valence-corrected chi connectivity index (χ1v) is 8.39. The fourth-order valence-corrected chi connectivity index (χ4v) is 3.31. The van der Waals surface area contributed by atoms with E-state index in [1.807, 2.05) is 0 Å². The molecule has 122 valence electrons. The molecule has 0 radical (unpaired) electrons. The standard InChI is InChI=1S/C14H17F3N2O2S/c15-14(16,17)12-3-1-2-11(10-12)6-9-22(20,21)19-13-4-7-18-8-5-13/h1-3,6,9-10,13,18-19H,4-5,7-8H2/b9-6+. The lowest BCUT2D eigenvalue weighted by Gasteiger charge is -2.22. The SMILES string of the molecule is O=S(=O)(/C=C/c1cccc(C(F)(F)F)c1)NC1CCNCC1. The summed E-state index contributed by atoms with van der Waals surface area (Å²) in [5.41, 5.74) is -0.621. The lowest BCUT2D eigenvalue weighted by atomic mass is 10.1. The third-order valence-electron chi connectivity index (χ3n) is 3.32. The first-order chi connectivity index (χ1) is 10.3. The highest BCUT2D eigenvalue weighted by molar-refractivity contribution is 7.92. The van der Waals surface area contributed by atoms with Crippen LogP contribution in [0.15, 0.2) is 29.7 Å². The van der Waals surface area contributed by atoms with Crippen molar-refractivity contribution in [2.45, 2.75) is 25.1 Å². The number of halogens is 3. The summed E-state index contributed by atoms with van der Waals surface area (Å²) >= 11 is 0. The summed E-state index contributed by atoms with van der Waals surface area (Å²) in [6, 6.07) is 4.38. The van der Waals surface area contributed by atoms with E-state index in [0.717, 1.165) is 30.6 Å². The summed E-state index contributed by atoms with van der Waals surface area (Å²) in [7, 11) is -3.67. The molecule has 2 rings (SSSR count). The van der Waals surface area contributed by atoms with E-state index in [1.54, 1.807) is 0 Å². The number of rotatable bonds is 4. The van der Waals surface area contributed by atoms with Gasteiger partial charge in [-0.2, -0.15) is 13.2 Å². The highest BCUT2D eigenvalue weighted by Gasteiger charge is 2.30. The molecule has 1 aliphatic rings. The van der Waals surface area contributed by atoms with Crippen LogP contribution in [-0.2, 0) is 16.2 Å². The summed E-state index contributed by atoms with van der Waals surface area (Å²) in [4.78, 5) is 0. The number of alkyl halides is 3. The lowest BCUT2D eigenvalue weighted by molar-refractivity contribution is -0.137. The first-order valence-electron chi connectivity index (χ1n) is 6.85. The molecule has 0 amide bonds. The molecule has 0 spiro atoms. The van der Waals surface area contributed by atoms with Gasteiger partial charge in [0.25, 0.3) is 0 Å². The summed E-state index contributed by atoms with van der Waals surface area (Å²) in [6.45, 7) is 1.48. The van der Waals surface area contributed by atoms with Crippen LogP contribution in [0.3, 0.4) is 0 Å². The van der Waals surface area contributed by atoms with Crippen LogP contribution in [0.4, 0.5) is 13.2 Å². The first kappa shape index (κ1) is 17.0. The van der Waals surface area contributed by atoms with E-state index in [1.165, 1.54) is 18.2 Å². The molecule has 1 heterocycles. The second-order valence-electron chi connectivity index (χ2n) is 5.11. The Kier molecular flexibility index (Phi) is 5.25. The molecule has 0 atom stereocenters. The zero-order valence-electron chi connectivity index (χ0n) is 11.7. The van der Waals surface area contributed by atoms with Crippen LogP contribution >= 0.6 is 0 Å². The van der Waals surface area contributed by atoms with Crippen molar-refractivity contribution in [3.63, 3.8) is 0 Å². The molecule has 1 saturated heterocycles. The molecular formula is C14H17F3N2O2S. The molecule has 4 nitrogen and oxygen atoms in total. The molecule has 1 aromatic rings. The van der Waals surface area contributed by atoms with Gasteiger partial charge < -0.3 is 5.32 Å². The number of hydrogen-bond donors (Lipinski definition) is 2. The van der Waals surface area contributed by atoms with Crippen LogP contribution in [0.5, 0.6) is 0 Å². The maximum absolute atomic E-state index is 12.6. The van der Waals surface area contributed by atoms with Crippen molar-refractivity contribution < 1.29 is 21.6 Å². The van der Waals surface area contributed by atoms with E-state index in [2.05, 4.69) is 10.0 Å². The minimum atomic E-state index is -4.45. The van der Waals surface area contributed by atoms with E-state index in [0.29, 0.717) is 12.8 Å². The molecular weight excluding hydrogens is 317 g/mol. The van der Waals surface area contributed by atoms with Crippen molar-refractivity contribution in [3.8, 4) is 0 Å². The largest absolute Gasteiger partial charge is 0.416 e. The fourth-order valence-electron chi connectivity index (χ4n) is 2.20. The number of benzene rings is 1. The second-order valence-corrected chi connectivity index (χ2v) is 6.71. The lowest BCUT2D eigenvalue weighted by Crippen LogP contribution is -2.41. The third kappa shape index (κ3) is 5.11. The molecule has 0 aliphatic carbocycles. The molecule has 0 aromatic heterocycles. The Morgan fingerprint density at radius 1 is 1.23 bits per heavy atom. The topological polar surface area (TPSA) is 58.2 Å². The summed E-state index contributed by atoms with van der Waals surface area (Å²) in [5.74, 6) is 0. The van der Waals surface area contributed by atoms with E-state index < -0.39 is 21.8 Å². The fraction of sp³-hybridized carbons (Fsp3) is 0.429. The van der Waals surface area contributed by atoms with E-state index in [-0.39, 0.29) is 11.6 Å². The normalized spacial score (nSPS) is 18.0. The van der Waals surface area contributed by atoms with Gasteiger partial charge in [-0.1, -0.05) is 12.1 Å². The van der Waals surface area contributed by atoms with Crippen molar-refractivity contribution in [1.29, 1.82) is 0 Å². The Hall–Kier alpha value is -1.38. The Morgan fingerprint density at radius 2 is 1.91 bits per heavy atom. The zero-order chi connectivity index (χ0) is 16.2. The Morgan fingerprint density at radius 3 is 2.55 bits per heavy atom. The highest BCUT2D eigenvalue weighted by atomic mass is 32.2. The monoisotopic (exact) mass is 334 g/mol. The molecule has 1 aromatic carbocycles. The Labute approximate surface area is 127 Å². The van der Waals surface area contributed by atoms with Gasteiger partial charge in [-0.15, -0.1) is 0 Å². The van der Waals surface area contributed by atoms with Crippen molar-refractivity contribution in [2.24, 2.45) is 0 Å². The third-order valence-corrected chi connectivity index (χ3v) is 4.48. The summed E-state index contributed by atoms with van der Waals surface area (Å²) in [6.07, 6.45) is -1.90. The zero-order valence-corrected chi connectivity index (χ0v) is 12.5. The van der Waals surface area contributed by atoms with E-state index >= 15 is 0 Å². The van der Waals surface area contributed by atoms with Crippen LogP contribution < -0.4 is 10.0 Å². The number of nitrogens with one attached hydrogen (secondary N) is 2. The van der Waals surface area contributed by atoms with Crippen LogP contribution in [0.25, 0.3) is 6.08 Å². The number of piperidine rings is 1. The summed E-state index contributed by atoms with van der Waals surface area (Å²) in [5, 5.41) is 4.03. The average molecular weight is 334 g/mol.